The van der Waals surface area contributed by atoms with Crippen LogP contribution >= 0.6 is 0 Å². The molecule has 0 bridgehead atoms. The predicted octanol–water partition coefficient (Wildman–Crippen LogP) is 2.57. The summed E-state index contributed by atoms with van der Waals surface area (Å²) in [5.74, 6) is -0.263. The largest absolute Gasteiger partial charge is 0.507 e. The number of benzene rings is 1. The zero-order valence-electron chi connectivity index (χ0n) is 10.9. The van der Waals surface area contributed by atoms with Gasteiger partial charge in [-0.05, 0) is 44.9 Å². The van der Waals surface area contributed by atoms with Gasteiger partial charge in [-0.15, -0.1) is 0 Å². The zero-order chi connectivity index (χ0) is 13.7. The molecule has 0 saturated carbocycles. The van der Waals surface area contributed by atoms with Crippen LogP contribution in [0.1, 0.15) is 29.2 Å². The Bertz CT molecular complexity index is 572. The molecule has 2 N–H and O–H groups in total. The number of carboxylic acid groups (broad SMARTS) is 1. The van der Waals surface area contributed by atoms with Crippen LogP contribution in [0.15, 0.2) is 6.08 Å². The monoisotopic (exact) mass is 248 g/mol. The van der Waals surface area contributed by atoms with Crippen LogP contribution in [0.4, 0.5) is 0 Å². The summed E-state index contributed by atoms with van der Waals surface area (Å²) in [7, 11) is 0. The number of aliphatic carboxylic acids is 1. The first-order chi connectivity index (χ1) is 8.28. The Balaban J connectivity index is 2.69. The van der Waals surface area contributed by atoms with Crippen molar-refractivity contribution < 1.29 is 19.7 Å². The van der Waals surface area contributed by atoms with E-state index >= 15 is 0 Å². The molecule has 4 heteroatoms. The number of fused-ring (bicyclic) bond motifs is 1. The molecule has 0 unspecified atom stereocenters. The van der Waals surface area contributed by atoms with Gasteiger partial charge < -0.3 is 14.9 Å². The minimum absolute atomic E-state index is 0.235. The van der Waals surface area contributed by atoms with E-state index in [2.05, 4.69) is 0 Å². The first-order valence-electron chi connectivity index (χ1n) is 5.72. The molecule has 96 valence electrons. The van der Waals surface area contributed by atoms with E-state index in [1.165, 1.54) is 13.0 Å². The van der Waals surface area contributed by atoms with Gasteiger partial charge in [0.15, 0.2) is 0 Å². The number of phenolic OH excluding ortho intramolecular Hbond substituents is 1. The number of rotatable bonds is 1. The van der Waals surface area contributed by atoms with Gasteiger partial charge in [-0.3, -0.25) is 0 Å². The molecule has 1 aromatic carbocycles. The fraction of sp³-hybridized carbons (Fsp3) is 0.357. The molecule has 0 spiro atoms. The minimum atomic E-state index is -1.35. The molecular formula is C14H16O4. The zero-order valence-corrected chi connectivity index (χ0v) is 10.9. The molecule has 0 aromatic heterocycles. The third-order valence-corrected chi connectivity index (χ3v) is 3.57. The summed E-state index contributed by atoms with van der Waals surface area (Å²) < 4.78 is 5.63. The highest BCUT2D eigenvalue weighted by molar-refractivity contribution is 5.85. The van der Waals surface area contributed by atoms with Crippen LogP contribution in [0, 0.1) is 20.8 Å². The van der Waals surface area contributed by atoms with Crippen LogP contribution < -0.4 is 4.74 Å². The van der Waals surface area contributed by atoms with E-state index in [4.69, 9.17) is 4.74 Å². The van der Waals surface area contributed by atoms with Gasteiger partial charge in [0.2, 0.25) is 5.60 Å². The van der Waals surface area contributed by atoms with E-state index in [-0.39, 0.29) is 5.75 Å². The van der Waals surface area contributed by atoms with Gasteiger partial charge in [-0.1, -0.05) is 6.08 Å². The molecular weight excluding hydrogens is 232 g/mol. The van der Waals surface area contributed by atoms with Crippen molar-refractivity contribution in [2.75, 3.05) is 0 Å². The summed E-state index contributed by atoms with van der Waals surface area (Å²) in [5, 5.41) is 19.2. The summed E-state index contributed by atoms with van der Waals surface area (Å²) in [6, 6.07) is 0. The Hall–Kier alpha value is -1.97. The smallest absolute Gasteiger partial charge is 0.351 e. The van der Waals surface area contributed by atoms with Crippen molar-refractivity contribution >= 4 is 12.0 Å². The molecule has 1 atom stereocenters. The minimum Gasteiger partial charge on any atom is -0.507 e. The summed E-state index contributed by atoms with van der Waals surface area (Å²) in [5.41, 5.74) is 1.58. The number of hydrogen-bond acceptors (Lipinski definition) is 3. The molecule has 0 radical (unpaired) electrons. The highest BCUT2D eigenvalue weighted by Crippen LogP contribution is 2.42. The Labute approximate surface area is 106 Å². The lowest BCUT2D eigenvalue weighted by molar-refractivity contribution is -0.149. The maximum atomic E-state index is 11.2. The van der Waals surface area contributed by atoms with E-state index in [0.29, 0.717) is 16.9 Å². The van der Waals surface area contributed by atoms with E-state index in [0.717, 1.165) is 11.1 Å². The SMILES string of the molecule is Cc1c(C)c2c(c(C)c1O)C=C[C@@](C)(C(=O)O)O2. The van der Waals surface area contributed by atoms with Crippen molar-refractivity contribution in [1.29, 1.82) is 0 Å². The lowest BCUT2D eigenvalue weighted by Crippen LogP contribution is -2.41. The number of ether oxygens (including phenoxy) is 1. The fourth-order valence-corrected chi connectivity index (χ4v) is 2.06. The van der Waals surface area contributed by atoms with Gasteiger partial charge in [0.25, 0.3) is 0 Å². The fourth-order valence-electron chi connectivity index (χ4n) is 2.06. The van der Waals surface area contributed by atoms with Crippen molar-refractivity contribution in [3.05, 3.63) is 28.3 Å². The molecule has 1 aliphatic heterocycles. The van der Waals surface area contributed by atoms with Crippen molar-refractivity contribution in [3.63, 3.8) is 0 Å². The molecule has 1 aliphatic rings. The number of hydrogen-bond donors (Lipinski definition) is 2. The highest BCUT2D eigenvalue weighted by Gasteiger charge is 2.37. The number of aromatic hydroxyl groups is 1. The summed E-state index contributed by atoms with van der Waals surface area (Å²) in [6.45, 7) is 6.90. The Morgan fingerprint density at radius 3 is 2.39 bits per heavy atom. The van der Waals surface area contributed by atoms with E-state index in [9.17, 15) is 15.0 Å². The molecule has 0 aliphatic carbocycles. The summed E-state index contributed by atoms with van der Waals surface area (Å²) in [4.78, 5) is 11.2. The van der Waals surface area contributed by atoms with Gasteiger partial charge in [0, 0.05) is 11.1 Å². The Morgan fingerprint density at radius 2 is 1.83 bits per heavy atom. The predicted molar refractivity (Wildman–Crippen MR) is 68.0 cm³/mol. The number of carbonyl (C=O) groups is 1. The topological polar surface area (TPSA) is 66.8 Å². The van der Waals surface area contributed by atoms with Crippen LogP contribution in [-0.4, -0.2) is 21.8 Å². The van der Waals surface area contributed by atoms with Gasteiger partial charge >= 0.3 is 5.97 Å². The quantitative estimate of drug-likeness (QED) is 0.801. The maximum Gasteiger partial charge on any atom is 0.351 e. The van der Waals surface area contributed by atoms with E-state index in [1.54, 1.807) is 19.9 Å². The molecule has 0 saturated heterocycles. The average molecular weight is 248 g/mol. The number of phenols is 1. The van der Waals surface area contributed by atoms with Gasteiger partial charge in [0.05, 0.1) is 0 Å². The van der Waals surface area contributed by atoms with Crippen LogP contribution in [0.5, 0.6) is 11.5 Å². The highest BCUT2D eigenvalue weighted by atomic mass is 16.5. The van der Waals surface area contributed by atoms with Crippen LogP contribution in [0.3, 0.4) is 0 Å². The van der Waals surface area contributed by atoms with Crippen molar-refractivity contribution in [2.45, 2.75) is 33.3 Å². The maximum absolute atomic E-state index is 11.2. The van der Waals surface area contributed by atoms with Gasteiger partial charge in [0.1, 0.15) is 11.5 Å². The lowest BCUT2D eigenvalue weighted by Gasteiger charge is -2.30. The first kappa shape index (κ1) is 12.5. The standard InChI is InChI=1S/C14H16O4/c1-7-8(2)12-10(9(3)11(7)15)5-6-14(4,18-12)13(16)17/h5-6,15H,1-4H3,(H,16,17)/t14-/m0/s1. The van der Waals surface area contributed by atoms with Crippen LogP contribution in [0.25, 0.3) is 6.08 Å². The molecule has 0 amide bonds. The number of carboxylic acids is 1. The molecule has 0 fully saturated rings. The van der Waals surface area contributed by atoms with E-state index < -0.39 is 11.6 Å². The van der Waals surface area contributed by atoms with Crippen molar-refractivity contribution in [1.82, 2.24) is 0 Å². The molecule has 4 nitrogen and oxygen atoms in total. The normalized spacial score (nSPS) is 21.3. The van der Waals surface area contributed by atoms with Crippen molar-refractivity contribution in [2.24, 2.45) is 0 Å². The Morgan fingerprint density at radius 1 is 1.22 bits per heavy atom. The molecule has 2 rings (SSSR count). The second kappa shape index (κ2) is 3.77. The lowest BCUT2D eigenvalue weighted by atomic mass is 9.92. The van der Waals surface area contributed by atoms with Crippen LogP contribution in [0.2, 0.25) is 0 Å². The van der Waals surface area contributed by atoms with E-state index in [1.807, 2.05) is 6.92 Å². The molecule has 18 heavy (non-hydrogen) atoms. The Kier molecular flexibility index (Phi) is 2.61. The summed E-state index contributed by atoms with van der Waals surface area (Å²) in [6.07, 6.45) is 3.20. The second-order valence-corrected chi connectivity index (χ2v) is 4.81. The molecule has 1 aromatic rings. The van der Waals surface area contributed by atoms with Gasteiger partial charge in [-0.2, -0.15) is 0 Å². The summed E-state index contributed by atoms with van der Waals surface area (Å²) >= 11 is 0. The second-order valence-electron chi connectivity index (χ2n) is 4.81. The molecule has 1 heterocycles. The van der Waals surface area contributed by atoms with Gasteiger partial charge in [-0.25, -0.2) is 4.79 Å². The average Bonchev–Trinajstić information content (AvgIpc) is 2.33. The third-order valence-electron chi connectivity index (χ3n) is 3.57. The van der Waals surface area contributed by atoms with Crippen molar-refractivity contribution in [3.8, 4) is 11.5 Å². The van der Waals surface area contributed by atoms with Crippen LogP contribution in [-0.2, 0) is 4.79 Å². The third kappa shape index (κ3) is 1.56. The first-order valence-corrected chi connectivity index (χ1v) is 5.72.